The SMILES string of the molecule is CC(C)(C)c1ccc(C(Br)Cc2c(F)cccc2F)cc1. The molecule has 2 rings (SSSR count). The van der Waals surface area contributed by atoms with Crippen molar-refractivity contribution in [3.05, 3.63) is 70.8 Å². The van der Waals surface area contributed by atoms with Crippen LogP contribution in [-0.4, -0.2) is 0 Å². The number of halogens is 3. The number of rotatable bonds is 3. The van der Waals surface area contributed by atoms with Gasteiger partial charge in [-0.25, -0.2) is 8.78 Å². The van der Waals surface area contributed by atoms with E-state index in [2.05, 4.69) is 48.8 Å². The van der Waals surface area contributed by atoms with Crippen molar-refractivity contribution in [1.82, 2.24) is 0 Å². The number of hydrogen-bond donors (Lipinski definition) is 0. The molecule has 0 N–H and O–H groups in total. The van der Waals surface area contributed by atoms with Crippen molar-refractivity contribution >= 4 is 15.9 Å². The van der Waals surface area contributed by atoms with Gasteiger partial charge in [-0.15, -0.1) is 0 Å². The van der Waals surface area contributed by atoms with Crippen molar-refractivity contribution in [2.45, 2.75) is 37.4 Å². The molecule has 3 heteroatoms. The van der Waals surface area contributed by atoms with Crippen molar-refractivity contribution in [1.29, 1.82) is 0 Å². The molecule has 0 saturated heterocycles. The third-order valence-corrected chi connectivity index (χ3v) is 4.44. The van der Waals surface area contributed by atoms with Crippen LogP contribution in [0.15, 0.2) is 42.5 Å². The minimum absolute atomic E-state index is 0.0952. The maximum atomic E-state index is 13.7. The van der Waals surface area contributed by atoms with Crippen molar-refractivity contribution in [3.63, 3.8) is 0 Å². The average molecular weight is 353 g/mol. The van der Waals surface area contributed by atoms with E-state index in [1.165, 1.54) is 23.8 Å². The van der Waals surface area contributed by atoms with Crippen LogP contribution in [0.5, 0.6) is 0 Å². The lowest BCUT2D eigenvalue weighted by molar-refractivity contribution is 0.554. The molecule has 0 spiro atoms. The summed E-state index contributed by atoms with van der Waals surface area (Å²) < 4.78 is 27.4. The molecule has 0 bridgehead atoms. The summed E-state index contributed by atoms with van der Waals surface area (Å²) in [5.74, 6) is -0.989. The molecule has 0 aliphatic carbocycles. The summed E-state index contributed by atoms with van der Waals surface area (Å²) in [6, 6.07) is 12.1. The van der Waals surface area contributed by atoms with E-state index in [-0.39, 0.29) is 22.2 Å². The van der Waals surface area contributed by atoms with Gasteiger partial charge < -0.3 is 0 Å². The predicted octanol–water partition coefficient (Wildman–Crippen LogP) is 5.94. The molecule has 1 atom stereocenters. The molecule has 0 amide bonds. The summed E-state index contributed by atoms with van der Waals surface area (Å²) in [6.45, 7) is 6.47. The Morgan fingerprint density at radius 3 is 1.95 bits per heavy atom. The molecule has 1 unspecified atom stereocenters. The number of benzene rings is 2. The first-order valence-corrected chi connectivity index (χ1v) is 7.88. The van der Waals surface area contributed by atoms with Crippen LogP contribution < -0.4 is 0 Å². The van der Waals surface area contributed by atoms with Crippen molar-refractivity contribution in [2.24, 2.45) is 0 Å². The molecule has 2 aromatic carbocycles. The molecule has 0 heterocycles. The minimum atomic E-state index is -0.495. The van der Waals surface area contributed by atoms with Gasteiger partial charge in [0.25, 0.3) is 0 Å². The quantitative estimate of drug-likeness (QED) is 0.599. The van der Waals surface area contributed by atoms with Gasteiger partial charge in [-0.1, -0.05) is 67.0 Å². The Hall–Kier alpha value is -1.22. The smallest absolute Gasteiger partial charge is 0.129 e. The Kier molecular flexibility index (Phi) is 4.82. The van der Waals surface area contributed by atoms with Crippen LogP contribution in [0.3, 0.4) is 0 Å². The highest BCUT2D eigenvalue weighted by Gasteiger charge is 2.17. The fourth-order valence-corrected chi connectivity index (χ4v) is 2.85. The molecule has 0 saturated carbocycles. The van der Waals surface area contributed by atoms with Crippen molar-refractivity contribution in [2.75, 3.05) is 0 Å². The minimum Gasteiger partial charge on any atom is -0.207 e. The topological polar surface area (TPSA) is 0 Å². The van der Waals surface area contributed by atoms with E-state index in [0.29, 0.717) is 0 Å². The lowest BCUT2D eigenvalue weighted by Gasteiger charge is -2.20. The summed E-state index contributed by atoms with van der Waals surface area (Å²) in [6.07, 6.45) is 0.285. The van der Waals surface area contributed by atoms with Gasteiger partial charge in [-0.2, -0.15) is 0 Å². The molecule has 0 aliphatic heterocycles. The molecule has 2 aromatic rings. The van der Waals surface area contributed by atoms with Crippen LogP contribution in [0.25, 0.3) is 0 Å². The molecule has 112 valence electrons. The summed E-state index contributed by atoms with van der Waals surface area (Å²) in [5.41, 5.74) is 2.48. The van der Waals surface area contributed by atoms with Crippen LogP contribution in [0.2, 0.25) is 0 Å². The third-order valence-electron chi connectivity index (χ3n) is 3.58. The number of hydrogen-bond acceptors (Lipinski definition) is 0. The zero-order chi connectivity index (χ0) is 15.6. The molecular weight excluding hydrogens is 334 g/mol. The van der Waals surface area contributed by atoms with E-state index in [1.807, 2.05) is 12.1 Å². The fourth-order valence-electron chi connectivity index (χ4n) is 2.22. The molecular formula is C18H19BrF2. The summed E-state index contributed by atoms with van der Waals surface area (Å²) in [4.78, 5) is -0.113. The summed E-state index contributed by atoms with van der Waals surface area (Å²) >= 11 is 3.53. The second-order valence-electron chi connectivity index (χ2n) is 6.24. The van der Waals surface area contributed by atoms with Gasteiger partial charge in [0.2, 0.25) is 0 Å². The Morgan fingerprint density at radius 2 is 1.48 bits per heavy atom. The maximum Gasteiger partial charge on any atom is 0.129 e. The predicted molar refractivity (Wildman–Crippen MR) is 86.9 cm³/mol. The lowest BCUT2D eigenvalue weighted by Crippen LogP contribution is -2.11. The van der Waals surface area contributed by atoms with Crippen LogP contribution in [0.4, 0.5) is 8.78 Å². The summed E-state index contributed by atoms with van der Waals surface area (Å²) in [5, 5.41) is 0. The first kappa shape index (κ1) is 16.2. The standard InChI is InChI=1S/C18H19BrF2/c1-18(2,3)13-9-7-12(8-10-13)15(19)11-14-16(20)5-4-6-17(14)21/h4-10,15H,11H2,1-3H3. The van der Waals surface area contributed by atoms with E-state index in [1.54, 1.807) is 0 Å². The largest absolute Gasteiger partial charge is 0.207 e. The van der Waals surface area contributed by atoms with E-state index in [4.69, 9.17) is 0 Å². The number of alkyl halides is 1. The van der Waals surface area contributed by atoms with Crippen LogP contribution in [-0.2, 0) is 11.8 Å². The second-order valence-corrected chi connectivity index (χ2v) is 7.35. The van der Waals surface area contributed by atoms with E-state index < -0.39 is 11.6 Å². The van der Waals surface area contributed by atoms with Crippen LogP contribution >= 0.6 is 15.9 Å². The molecule has 0 aromatic heterocycles. The average Bonchev–Trinajstić information content (AvgIpc) is 2.42. The normalized spacial score (nSPS) is 13.2. The molecule has 0 fully saturated rings. The van der Waals surface area contributed by atoms with Crippen molar-refractivity contribution < 1.29 is 8.78 Å². The van der Waals surface area contributed by atoms with E-state index in [9.17, 15) is 8.78 Å². The molecule has 0 radical (unpaired) electrons. The first-order chi connectivity index (χ1) is 9.79. The van der Waals surface area contributed by atoms with E-state index in [0.717, 1.165) is 5.56 Å². The van der Waals surface area contributed by atoms with Crippen LogP contribution in [0.1, 0.15) is 42.3 Å². The first-order valence-electron chi connectivity index (χ1n) is 6.96. The Balaban J connectivity index is 2.19. The lowest BCUT2D eigenvalue weighted by atomic mass is 9.86. The van der Waals surface area contributed by atoms with Gasteiger partial charge in [0, 0.05) is 10.4 Å². The summed E-state index contributed by atoms with van der Waals surface area (Å²) in [7, 11) is 0. The van der Waals surface area contributed by atoms with Gasteiger partial charge in [0.05, 0.1) is 0 Å². The highest BCUT2D eigenvalue weighted by Crippen LogP contribution is 2.31. The fraction of sp³-hybridized carbons (Fsp3) is 0.333. The Morgan fingerprint density at radius 1 is 0.952 bits per heavy atom. The van der Waals surface area contributed by atoms with Crippen LogP contribution in [0, 0.1) is 11.6 Å². The second kappa shape index (κ2) is 6.27. The zero-order valence-corrected chi connectivity index (χ0v) is 14.0. The third kappa shape index (κ3) is 3.91. The van der Waals surface area contributed by atoms with Gasteiger partial charge in [0.1, 0.15) is 11.6 Å². The Labute approximate surface area is 133 Å². The molecule has 0 nitrogen and oxygen atoms in total. The Bertz CT molecular complexity index is 592. The van der Waals surface area contributed by atoms with Gasteiger partial charge >= 0.3 is 0 Å². The van der Waals surface area contributed by atoms with Gasteiger partial charge in [-0.05, 0) is 35.1 Å². The van der Waals surface area contributed by atoms with Gasteiger partial charge in [-0.3, -0.25) is 0 Å². The zero-order valence-electron chi connectivity index (χ0n) is 12.5. The highest BCUT2D eigenvalue weighted by molar-refractivity contribution is 9.09. The molecule has 21 heavy (non-hydrogen) atoms. The highest BCUT2D eigenvalue weighted by atomic mass is 79.9. The maximum absolute atomic E-state index is 13.7. The monoisotopic (exact) mass is 352 g/mol. The van der Waals surface area contributed by atoms with E-state index >= 15 is 0 Å². The van der Waals surface area contributed by atoms with Gasteiger partial charge in [0.15, 0.2) is 0 Å². The molecule has 0 aliphatic rings. The van der Waals surface area contributed by atoms with Crippen molar-refractivity contribution in [3.8, 4) is 0 Å².